The molecule has 0 fully saturated rings. The molecule has 0 radical (unpaired) electrons. The molecule has 2 aromatic rings. The van der Waals surface area contributed by atoms with Crippen molar-refractivity contribution in [2.75, 3.05) is 0 Å². The molecular formula is C18H14F2S2. The first-order valence-corrected chi connectivity index (χ1v) is 8.47. The molecule has 0 nitrogen and oxygen atoms in total. The molecule has 22 heavy (non-hydrogen) atoms. The lowest BCUT2D eigenvalue weighted by Gasteiger charge is -1.99. The molecule has 112 valence electrons. The van der Waals surface area contributed by atoms with Crippen molar-refractivity contribution >= 4 is 28.2 Å². The van der Waals surface area contributed by atoms with Gasteiger partial charge in [0.2, 0.25) is 0 Å². The lowest BCUT2D eigenvalue weighted by molar-refractivity contribution is 0.623. The Morgan fingerprint density at radius 2 is 1.50 bits per heavy atom. The van der Waals surface area contributed by atoms with Gasteiger partial charge in [0.1, 0.15) is 11.6 Å². The van der Waals surface area contributed by atoms with Crippen molar-refractivity contribution in [1.29, 1.82) is 0 Å². The number of allylic oxidation sites excluding steroid dienone is 8. The van der Waals surface area contributed by atoms with E-state index in [-0.39, 0.29) is 11.6 Å². The second-order valence-electron chi connectivity index (χ2n) is 5.07. The van der Waals surface area contributed by atoms with Gasteiger partial charge in [0.05, 0.1) is 9.75 Å². The van der Waals surface area contributed by atoms with Crippen LogP contribution >= 0.6 is 22.7 Å². The zero-order chi connectivity index (χ0) is 15.7. The summed E-state index contributed by atoms with van der Waals surface area (Å²) in [6.45, 7) is 3.84. The van der Waals surface area contributed by atoms with Crippen LogP contribution in [-0.2, 0) is 0 Å². The van der Waals surface area contributed by atoms with Crippen LogP contribution in [0.4, 0.5) is 8.78 Å². The molecule has 0 atom stereocenters. The van der Waals surface area contributed by atoms with Gasteiger partial charge in [0.15, 0.2) is 0 Å². The van der Waals surface area contributed by atoms with E-state index in [9.17, 15) is 8.78 Å². The predicted molar refractivity (Wildman–Crippen MR) is 92.3 cm³/mol. The first-order chi connectivity index (χ1) is 10.5. The molecule has 1 aliphatic carbocycles. The zero-order valence-electron chi connectivity index (χ0n) is 12.2. The molecule has 0 saturated heterocycles. The van der Waals surface area contributed by atoms with Gasteiger partial charge in [-0.2, -0.15) is 0 Å². The van der Waals surface area contributed by atoms with Crippen molar-refractivity contribution < 1.29 is 8.78 Å². The van der Waals surface area contributed by atoms with E-state index < -0.39 is 0 Å². The third-order valence-corrected chi connectivity index (χ3v) is 5.61. The molecule has 0 aliphatic heterocycles. The average Bonchev–Trinajstić information content (AvgIpc) is 2.96. The van der Waals surface area contributed by atoms with E-state index in [1.807, 2.05) is 50.3 Å². The van der Waals surface area contributed by atoms with E-state index >= 15 is 0 Å². The van der Waals surface area contributed by atoms with Crippen LogP contribution in [-0.4, -0.2) is 0 Å². The number of hydrogen-bond acceptors (Lipinski definition) is 2. The zero-order valence-corrected chi connectivity index (χ0v) is 13.8. The normalized spacial score (nSPS) is 18.4. The van der Waals surface area contributed by atoms with Crippen LogP contribution in [0.15, 0.2) is 54.2 Å². The molecule has 0 amide bonds. The molecule has 0 aromatic carbocycles. The van der Waals surface area contributed by atoms with Crippen molar-refractivity contribution in [3.63, 3.8) is 0 Å². The topological polar surface area (TPSA) is 0 Å². The van der Waals surface area contributed by atoms with E-state index in [4.69, 9.17) is 0 Å². The minimum Gasteiger partial charge on any atom is -0.205 e. The number of thiophene rings is 2. The Labute approximate surface area is 136 Å². The Morgan fingerprint density at radius 1 is 0.818 bits per heavy atom. The smallest absolute Gasteiger partial charge is 0.143 e. The molecule has 0 unspecified atom stereocenters. The standard InChI is InChI=1S/C18H14F2S2/c1-11-5-3-7-13(8-4-6-11)16-10-15(20)18(22-16)17-14(19)9-12(2)21-17/h3-10H,1-2H3/b5-3?,6-4?,7-3-,8-4?,11-5?,11-6?,13-7?,13-8+. The Morgan fingerprint density at radius 3 is 2.23 bits per heavy atom. The van der Waals surface area contributed by atoms with Gasteiger partial charge in [0, 0.05) is 9.75 Å². The van der Waals surface area contributed by atoms with Crippen molar-refractivity contribution in [1.82, 2.24) is 0 Å². The lowest BCUT2D eigenvalue weighted by atomic mass is 10.1. The highest BCUT2D eigenvalue weighted by molar-refractivity contribution is 7.22. The maximum Gasteiger partial charge on any atom is 0.143 e. The van der Waals surface area contributed by atoms with Crippen LogP contribution < -0.4 is 0 Å². The number of aryl methyl sites for hydroxylation is 1. The summed E-state index contributed by atoms with van der Waals surface area (Å²) < 4.78 is 28.1. The van der Waals surface area contributed by atoms with Crippen LogP contribution in [0.2, 0.25) is 0 Å². The largest absolute Gasteiger partial charge is 0.205 e. The van der Waals surface area contributed by atoms with Gasteiger partial charge in [-0.15, -0.1) is 22.7 Å². The molecule has 0 bridgehead atoms. The van der Waals surface area contributed by atoms with Crippen molar-refractivity contribution in [3.05, 3.63) is 75.6 Å². The molecule has 1 aliphatic rings. The van der Waals surface area contributed by atoms with Crippen LogP contribution in [0.3, 0.4) is 0 Å². The molecule has 0 spiro atoms. The van der Waals surface area contributed by atoms with Gasteiger partial charge in [-0.3, -0.25) is 0 Å². The number of rotatable bonds is 2. The predicted octanol–water partition coefficient (Wildman–Crippen LogP) is 6.52. The minimum atomic E-state index is -0.368. The second-order valence-corrected chi connectivity index (χ2v) is 7.38. The van der Waals surface area contributed by atoms with Crippen LogP contribution in [0.5, 0.6) is 0 Å². The second kappa shape index (κ2) is 6.15. The lowest BCUT2D eigenvalue weighted by Crippen LogP contribution is -1.77. The molecule has 3 rings (SSSR count). The quantitative estimate of drug-likeness (QED) is 0.587. The van der Waals surface area contributed by atoms with E-state index in [1.54, 1.807) is 0 Å². The first kappa shape index (κ1) is 15.1. The maximum absolute atomic E-state index is 14.3. The van der Waals surface area contributed by atoms with Crippen LogP contribution in [0.1, 0.15) is 16.7 Å². The van der Waals surface area contributed by atoms with E-state index in [0.29, 0.717) is 9.75 Å². The van der Waals surface area contributed by atoms with Gasteiger partial charge in [-0.25, -0.2) is 8.78 Å². The summed E-state index contributed by atoms with van der Waals surface area (Å²) in [5.74, 6) is -0.719. The summed E-state index contributed by atoms with van der Waals surface area (Å²) in [5.41, 5.74) is 2.07. The Bertz CT molecular complexity index is 829. The SMILES string of the molecule is CC1=C/C=C\C(c2cc(F)c(-c3sc(C)cc3F)s2)=C/C=C1. The first-order valence-electron chi connectivity index (χ1n) is 6.84. The summed E-state index contributed by atoms with van der Waals surface area (Å²) in [7, 11) is 0. The van der Waals surface area contributed by atoms with E-state index in [1.165, 1.54) is 34.8 Å². The number of hydrogen-bond donors (Lipinski definition) is 0. The molecular weight excluding hydrogens is 318 g/mol. The van der Waals surface area contributed by atoms with Gasteiger partial charge in [-0.1, -0.05) is 42.0 Å². The fourth-order valence-electron chi connectivity index (χ4n) is 2.19. The maximum atomic E-state index is 14.3. The fourth-order valence-corrected chi connectivity index (χ4v) is 4.25. The Hall–Kier alpha value is -1.78. The molecule has 2 heterocycles. The number of halogens is 2. The third kappa shape index (κ3) is 3.03. The molecule has 0 saturated carbocycles. The van der Waals surface area contributed by atoms with Crippen molar-refractivity contribution in [3.8, 4) is 9.75 Å². The van der Waals surface area contributed by atoms with Gasteiger partial charge < -0.3 is 0 Å². The van der Waals surface area contributed by atoms with Crippen molar-refractivity contribution in [2.45, 2.75) is 13.8 Å². The molecule has 0 N–H and O–H groups in total. The highest BCUT2D eigenvalue weighted by atomic mass is 32.1. The summed E-state index contributed by atoms with van der Waals surface area (Å²) >= 11 is 2.57. The Balaban J connectivity index is 2.01. The Kier molecular flexibility index (Phi) is 4.23. The van der Waals surface area contributed by atoms with Gasteiger partial charge >= 0.3 is 0 Å². The monoisotopic (exact) mass is 332 g/mol. The van der Waals surface area contributed by atoms with Crippen LogP contribution in [0, 0.1) is 18.6 Å². The summed E-state index contributed by atoms with van der Waals surface area (Å²) in [4.78, 5) is 2.40. The summed E-state index contributed by atoms with van der Waals surface area (Å²) in [5, 5.41) is 0. The van der Waals surface area contributed by atoms with Gasteiger partial charge in [0.25, 0.3) is 0 Å². The summed E-state index contributed by atoms with van der Waals surface area (Å²) in [6, 6.07) is 2.93. The third-order valence-electron chi connectivity index (χ3n) is 3.26. The molecule has 4 heteroatoms. The average molecular weight is 332 g/mol. The van der Waals surface area contributed by atoms with E-state index in [2.05, 4.69) is 0 Å². The summed E-state index contributed by atoms with van der Waals surface area (Å²) in [6.07, 6.45) is 11.8. The van der Waals surface area contributed by atoms with Gasteiger partial charge in [-0.05, 0) is 31.6 Å². The molecule has 2 aromatic heterocycles. The highest BCUT2D eigenvalue weighted by Gasteiger charge is 2.18. The fraction of sp³-hybridized carbons (Fsp3) is 0.111. The van der Waals surface area contributed by atoms with Crippen LogP contribution in [0.25, 0.3) is 15.3 Å². The van der Waals surface area contributed by atoms with E-state index in [0.717, 1.165) is 20.9 Å². The highest BCUT2D eigenvalue weighted by Crippen LogP contribution is 2.40. The minimum absolute atomic E-state index is 0.351. The van der Waals surface area contributed by atoms with Crippen molar-refractivity contribution in [2.24, 2.45) is 0 Å².